The highest BCUT2D eigenvalue weighted by atomic mass is 16.7. The molecule has 0 spiro atoms. The lowest BCUT2D eigenvalue weighted by molar-refractivity contribution is -0.158. The molecule has 54 heavy (non-hydrogen) atoms. The number of methoxy groups -OCH3 is 2. The van der Waals surface area contributed by atoms with Crippen LogP contribution in [-0.4, -0.2) is 129 Å². The van der Waals surface area contributed by atoms with Gasteiger partial charge in [0.15, 0.2) is 0 Å². The summed E-state index contributed by atoms with van der Waals surface area (Å²) in [6.45, 7) is 1.38. The second kappa shape index (κ2) is 29.9. The van der Waals surface area contributed by atoms with Crippen molar-refractivity contribution in [2.45, 2.75) is 44.6 Å². The summed E-state index contributed by atoms with van der Waals surface area (Å²) in [7, 11) is 3.11. The fourth-order valence-electron chi connectivity index (χ4n) is 4.69. The van der Waals surface area contributed by atoms with E-state index in [-0.39, 0.29) is 65.6 Å². The van der Waals surface area contributed by atoms with Crippen molar-refractivity contribution in [3.8, 4) is 0 Å². The van der Waals surface area contributed by atoms with Gasteiger partial charge in [0.25, 0.3) is 5.91 Å². The van der Waals surface area contributed by atoms with Crippen molar-refractivity contribution in [2.24, 2.45) is 0 Å². The number of amides is 4. The Bertz CT molecular complexity index is 1350. The monoisotopic (exact) mass is 760 g/mol. The highest BCUT2D eigenvalue weighted by molar-refractivity contribution is 5.89. The molecule has 0 aromatic heterocycles. The Labute approximate surface area is 317 Å². The molecule has 0 saturated carbocycles. The van der Waals surface area contributed by atoms with Gasteiger partial charge in [-0.25, -0.2) is 4.79 Å². The molecule has 0 aliphatic rings. The van der Waals surface area contributed by atoms with Crippen LogP contribution < -0.4 is 21.4 Å². The molecule has 16 nitrogen and oxygen atoms in total. The third-order valence-electron chi connectivity index (χ3n) is 7.55. The summed E-state index contributed by atoms with van der Waals surface area (Å²) in [5.74, 6) is -3.09. The molecule has 4 amide bonds. The van der Waals surface area contributed by atoms with E-state index in [4.69, 9.17) is 33.3 Å². The standard InChI is InChI=1S/C38H56N4O12/c1-48-18-20-50-22-24-52-28-35(44)40-27-33(41-36(45)29-53-25-23-51-21-19-49-2)38(47)39-17-16-37(46)54-42-34(43)26-32-14-12-31(13-15-32)11-7-6-10-30-8-4-3-5-9-30/h3-5,8-9,12-15,33H,6-7,10-11,16-29H2,1-2H3,(H,39,47)(H,40,44)(H,41,45)(H,42,43)/t33-/m0/s1. The van der Waals surface area contributed by atoms with Crippen molar-refractivity contribution in [1.29, 1.82) is 0 Å². The maximum Gasteiger partial charge on any atom is 0.334 e. The Kier molecular flexibility index (Phi) is 25.3. The van der Waals surface area contributed by atoms with Crippen LogP contribution in [0.3, 0.4) is 0 Å². The number of nitrogens with one attached hydrogen (secondary N) is 4. The summed E-state index contributed by atoms with van der Waals surface area (Å²) >= 11 is 0. The van der Waals surface area contributed by atoms with Gasteiger partial charge in [0.2, 0.25) is 17.7 Å². The lowest BCUT2D eigenvalue weighted by atomic mass is 10.0. The highest BCUT2D eigenvalue weighted by Gasteiger charge is 2.22. The largest absolute Gasteiger partial charge is 0.382 e. The summed E-state index contributed by atoms with van der Waals surface area (Å²) in [5.41, 5.74) is 5.41. The normalized spacial score (nSPS) is 11.4. The zero-order valence-electron chi connectivity index (χ0n) is 31.4. The molecule has 0 aliphatic carbocycles. The first kappa shape index (κ1) is 45.7. The number of carbonyl (C=O) groups is 5. The zero-order valence-corrected chi connectivity index (χ0v) is 31.4. The summed E-state index contributed by atoms with van der Waals surface area (Å²) < 4.78 is 30.8. The fourth-order valence-corrected chi connectivity index (χ4v) is 4.69. The van der Waals surface area contributed by atoms with E-state index in [1.54, 1.807) is 14.2 Å². The molecule has 0 fully saturated rings. The molecule has 2 rings (SSSR count). The third kappa shape index (κ3) is 23.3. The SMILES string of the molecule is COCCOCCOCC(=O)NC[C@H](NC(=O)COCCOCCOC)C(=O)NCCC(=O)ONC(=O)Cc1ccc(CCCCc2ccccc2)cc1. The number of hydroxylamine groups is 1. The van der Waals surface area contributed by atoms with Gasteiger partial charge in [-0.1, -0.05) is 54.6 Å². The first-order chi connectivity index (χ1) is 26.3. The van der Waals surface area contributed by atoms with Crippen LogP contribution in [0.5, 0.6) is 0 Å². The quantitative estimate of drug-likeness (QED) is 0.0648. The Morgan fingerprint density at radius 3 is 1.74 bits per heavy atom. The Morgan fingerprint density at radius 2 is 1.13 bits per heavy atom. The van der Waals surface area contributed by atoms with E-state index in [1.807, 2.05) is 42.5 Å². The molecule has 0 unspecified atom stereocenters. The second-order valence-corrected chi connectivity index (χ2v) is 12.0. The molecule has 0 radical (unpaired) electrons. The molecule has 0 bridgehead atoms. The van der Waals surface area contributed by atoms with E-state index in [0.29, 0.717) is 26.4 Å². The molecular weight excluding hydrogens is 704 g/mol. The average Bonchev–Trinajstić information content (AvgIpc) is 3.17. The van der Waals surface area contributed by atoms with E-state index in [9.17, 15) is 24.0 Å². The highest BCUT2D eigenvalue weighted by Crippen LogP contribution is 2.11. The number of unbranched alkanes of at least 4 members (excludes halogenated alkanes) is 1. The molecule has 0 saturated heterocycles. The molecular formula is C38H56N4O12. The van der Waals surface area contributed by atoms with Crippen LogP contribution in [0.4, 0.5) is 0 Å². The predicted octanol–water partition coefficient (Wildman–Crippen LogP) is 0.835. The maximum atomic E-state index is 12.9. The maximum absolute atomic E-state index is 12.9. The van der Waals surface area contributed by atoms with Crippen molar-refractivity contribution < 1.29 is 57.2 Å². The first-order valence-electron chi connectivity index (χ1n) is 18.0. The van der Waals surface area contributed by atoms with Crippen molar-refractivity contribution >= 4 is 29.6 Å². The molecule has 4 N–H and O–H groups in total. The molecule has 2 aromatic carbocycles. The minimum absolute atomic E-state index is 0.0170. The van der Waals surface area contributed by atoms with E-state index in [2.05, 4.69) is 33.6 Å². The van der Waals surface area contributed by atoms with Crippen molar-refractivity contribution in [3.05, 3.63) is 71.3 Å². The van der Waals surface area contributed by atoms with Gasteiger partial charge in [-0.3, -0.25) is 19.2 Å². The van der Waals surface area contributed by atoms with E-state index in [0.717, 1.165) is 31.2 Å². The van der Waals surface area contributed by atoms with Crippen LogP contribution in [0.1, 0.15) is 36.0 Å². The summed E-state index contributed by atoms with van der Waals surface area (Å²) in [6.07, 6.45) is 3.87. The minimum Gasteiger partial charge on any atom is -0.382 e. The molecule has 1 atom stereocenters. The van der Waals surface area contributed by atoms with Gasteiger partial charge in [0.05, 0.1) is 65.7 Å². The molecule has 0 aliphatic heterocycles. The zero-order chi connectivity index (χ0) is 39.1. The third-order valence-corrected chi connectivity index (χ3v) is 7.55. The second-order valence-electron chi connectivity index (χ2n) is 12.0. The number of carbonyl (C=O) groups excluding carboxylic acids is 5. The van der Waals surface area contributed by atoms with Crippen molar-refractivity contribution in [3.63, 3.8) is 0 Å². The topological polar surface area (TPSA) is 198 Å². The first-order valence-corrected chi connectivity index (χ1v) is 18.0. The number of hydrogen-bond acceptors (Lipinski definition) is 12. The Hall–Kier alpha value is -4.45. The number of ether oxygens (including phenoxy) is 6. The average molecular weight is 761 g/mol. The van der Waals surface area contributed by atoms with Crippen LogP contribution in [-0.2, 0) is 76.5 Å². The number of aryl methyl sites for hydroxylation is 2. The van der Waals surface area contributed by atoms with Crippen molar-refractivity contribution in [2.75, 3.05) is 93.4 Å². The molecule has 300 valence electrons. The summed E-state index contributed by atoms with van der Waals surface area (Å²) in [5, 5.41) is 7.57. The summed E-state index contributed by atoms with van der Waals surface area (Å²) in [6, 6.07) is 16.9. The van der Waals surface area contributed by atoms with Gasteiger partial charge in [-0.2, -0.15) is 5.48 Å². The fraction of sp³-hybridized carbons (Fsp3) is 0.553. The van der Waals surface area contributed by atoms with E-state index in [1.165, 1.54) is 11.1 Å². The van der Waals surface area contributed by atoms with Gasteiger partial charge in [-0.05, 0) is 42.4 Å². The van der Waals surface area contributed by atoms with Crippen LogP contribution in [0, 0.1) is 0 Å². The Morgan fingerprint density at radius 1 is 0.593 bits per heavy atom. The summed E-state index contributed by atoms with van der Waals surface area (Å²) in [4.78, 5) is 67.2. The van der Waals surface area contributed by atoms with Crippen LogP contribution in [0.25, 0.3) is 0 Å². The lowest BCUT2D eigenvalue weighted by Gasteiger charge is -2.19. The van der Waals surface area contributed by atoms with Crippen molar-refractivity contribution in [1.82, 2.24) is 21.4 Å². The van der Waals surface area contributed by atoms with Crippen LogP contribution in [0.2, 0.25) is 0 Å². The van der Waals surface area contributed by atoms with Gasteiger partial charge in [0, 0.05) is 27.3 Å². The molecule has 2 aromatic rings. The lowest BCUT2D eigenvalue weighted by Crippen LogP contribution is -2.54. The molecule has 16 heteroatoms. The van der Waals surface area contributed by atoms with Gasteiger partial charge in [0.1, 0.15) is 19.3 Å². The van der Waals surface area contributed by atoms with E-state index < -0.39 is 35.6 Å². The number of rotatable bonds is 30. The van der Waals surface area contributed by atoms with Gasteiger partial charge in [-0.15, -0.1) is 0 Å². The molecule has 0 heterocycles. The Balaban J connectivity index is 1.70. The van der Waals surface area contributed by atoms with Crippen LogP contribution in [0.15, 0.2) is 54.6 Å². The predicted molar refractivity (Wildman–Crippen MR) is 197 cm³/mol. The van der Waals surface area contributed by atoms with Crippen LogP contribution >= 0.6 is 0 Å². The number of hydrogen-bond donors (Lipinski definition) is 4. The minimum atomic E-state index is -1.20. The smallest absolute Gasteiger partial charge is 0.334 e. The van der Waals surface area contributed by atoms with Gasteiger partial charge < -0.3 is 49.2 Å². The van der Waals surface area contributed by atoms with Gasteiger partial charge >= 0.3 is 5.97 Å². The number of benzene rings is 2. The van der Waals surface area contributed by atoms with E-state index >= 15 is 0 Å².